The highest BCUT2D eigenvalue weighted by molar-refractivity contribution is 5.79. The molecular formula is C15H10N4O. The third-order valence-corrected chi connectivity index (χ3v) is 3.06. The highest BCUT2D eigenvalue weighted by Crippen LogP contribution is 2.26. The molecule has 96 valence electrons. The maximum absolute atomic E-state index is 5.51. The summed E-state index contributed by atoms with van der Waals surface area (Å²) < 4.78 is 7.41. The van der Waals surface area contributed by atoms with E-state index in [1.54, 1.807) is 24.9 Å². The molecule has 0 saturated carbocycles. The van der Waals surface area contributed by atoms with Crippen molar-refractivity contribution in [3.05, 3.63) is 61.3 Å². The summed E-state index contributed by atoms with van der Waals surface area (Å²) in [5, 5.41) is 0. The van der Waals surface area contributed by atoms with E-state index in [2.05, 4.69) is 15.0 Å². The summed E-state index contributed by atoms with van der Waals surface area (Å²) in [5.74, 6) is 1.45. The maximum atomic E-state index is 5.51. The van der Waals surface area contributed by atoms with Crippen molar-refractivity contribution in [3.8, 4) is 17.3 Å². The molecule has 0 fully saturated rings. The number of hydrogen-bond acceptors (Lipinski definition) is 4. The van der Waals surface area contributed by atoms with Crippen LogP contribution < -0.4 is 0 Å². The van der Waals surface area contributed by atoms with E-state index in [0.29, 0.717) is 5.88 Å². The van der Waals surface area contributed by atoms with Gasteiger partial charge in [0.15, 0.2) is 11.5 Å². The first kappa shape index (κ1) is 10.9. The quantitative estimate of drug-likeness (QED) is 0.557. The van der Waals surface area contributed by atoms with Gasteiger partial charge in [-0.1, -0.05) is 0 Å². The van der Waals surface area contributed by atoms with Gasteiger partial charge in [-0.2, -0.15) is 0 Å². The van der Waals surface area contributed by atoms with E-state index in [0.717, 1.165) is 22.6 Å². The van der Waals surface area contributed by atoms with Gasteiger partial charge in [-0.15, -0.1) is 0 Å². The standard InChI is InChI=1S/C15H10N4O/c1-4-11(10-16-7-1)14-18-12-5-2-8-17-15(12)19(14)13-6-3-9-20-13/h1-10H. The van der Waals surface area contributed by atoms with Gasteiger partial charge in [-0.05, 0) is 30.3 Å². The van der Waals surface area contributed by atoms with Crippen LogP contribution in [0.5, 0.6) is 0 Å². The zero-order valence-electron chi connectivity index (χ0n) is 10.5. The molecule has 5 nitrogen and oxygen atoms in total. The number of hydrogen-bond donors (Lipinski definition) is 0. The summed E-state index contributed by atoms with van der Waals surface area (Å²) in [6.45, 7) is 0. The molecule has 0 spiro atoms. The molecule has 5 heteroatoms. The lowest BCUT2D eigenvalue weighted by atomic mass is 10.3. The summed E-state index contributed by atoms with van der Waals surface area (Å²) in [6.07, 6.45) is 6.90. The van der Waals surface area contributed by atoms with E-state index in [-0.39, 0.29) is 0 Å². The number of rotatable bonds is 2. The van der Waals surface area contributed by atoms with Crippen LogP contribution in [-0.4, -0.2) is 19.5 Å². The topological polar surface area (TPSA) is 56.7 Å². The van der Waals surface area contributed by atoms with Crippen molar-refractivity contribution in [2.24, 2.45) is 0 Å². The number of fused-ring (bicyclic) bond motifs is 1. The molecule has 0 radical (unpaired) electrons. The number of imidazole rings is 1. The van der Waals surface area contributed by atoms with Crippen LogP contribution in [0.2, 0.25) is 0 Å². The monoisotopic (exact) mass is 262 g/mol. The lowest BCUT2D eigenvalue weighted by molar-refractivity contribution is 0.542. The van der Waals surface area contributed by atoms with Crippen LogP contribution in [0.3, 0.4) is 0 Å². The fourth-order valence-electron chi connectivity index (χ4n) is 2.21. The first-order valence-corrected chi connectivity index (χ1v) is 6.21. The zero-order chi connectivity index (χ0) is 13.4. The van der Waals surface area contributed by atoms with Gasteiger partial charge in [-0.25, -0.2) is 14.5 Å². The van der Waals surface area contributed by atoms with E-state index in [9.17, 15) is 0 Å². The third-order valence-electron chi connectivity index (χ3n) is 3.06. The van der Waals surface area contributed by atoms with Gasteiger partial charge in [0, 0.05) is 30.2 Å². The van der Waals surface area contributed by atoms with Crippen molar-refractivity contribution in [1.82, 2.24) is 19.5 Å². The number of furan rings is 1. The molecular weight excluding hydrogens is 252 g/mol. The van der Waals surface area contributed by atoms with Crippen molar-refractivity contribution in [3.63, 3.8) is 0 Å². The molecule has 0 aliphatic heterocycles. The van der Waals surface area contributed by atoms with Gasteiger partial charge in [0.05, 0.1) is 6.26 Å². The molecule has 4 rings (SSSR count). The Hall–Kier alpha value is -2.95. The van der Waals surface area contributed by atoms with Crippen LogP contribution in [-0.2, 0) is 0 Å². The van der Waals surface area contributed by atoms with Gasteiger partial charge in [-0.3, -0.25) is 4.98 Å². The van der Waals surface area contributed by atoms with Crippen molar-refractivity contribution >= 4 is 11.2 Å². The van der Waals surface area contributed by atoms with Crippen LogP contribution in [0.1, 0.15) is 0 Å². The zero-order valence-corrected chi connectivity index (χ0v) is 10.5. The molecule has 20 heavy (non-hydrogen) atoms. The summed E-state index contributed by atoms with van der Waals surface area (Å²) in [5.41, 5.74) is 2.51. The molecule has 0 atom stereocenters. The SMILES string of the molecule is c1cncc(-c2nc3cccnc3n2-c2ccco2)c1. The first-order valence-electron chi connectivity index (χ1n) is 6.21. The third kappa shape index (κ3) is 1.60. The fraction of sp³-hybridized carbons (Fsp3) is 0. The predicted octanol–water partition coefficient (Wildman–Crippen LogP) is 3.08. The Morgan fingerprint density at radius 1 is 1.00 bits per heavy atom. The molecule has 0 unspecified atom stereocenters. The Morgan fingerprint density at radius 3 is 2.75 bits per heavy atom. The molecule has 0 N–H and O–H groups in total. The van der Waals surface area contributed by atoms with Gasteiger partial charge >= 0.3 is 0 Å². The average molecular weight is 262 g/mol. The van der Waals surface area contributed by atoms with Crippen molar-refractivity contribution in [1.29, 1.82) is 0 Å². The smallest absolute Gasteiger partial charge is 0.206 e. The number of nitrogens with zero attached hydrogens (tertiary/aromatic N) is 4. The molecule has 0 bridgehead atoms. The minimum Gasteiger partial charge on any atom is -0.448 e. The summed E-state index contributed by atoms with van der Waals surface area (Å²) in [6, 6.07) is 11.4. The molecule has 0 saturated heterocycles. The summed E-state index contributed by atoms with van der Waals surface area (Å²) in [4.78, 5) is 13.2. The largest absolute Gasteiger partial charge is 0.448 e. The molecule has 4 aromatic heterocycles. The van der Waals surface area contributed by atoms with Crippen LogP contribution in [0, 0.1) is 0 Å². The van der Waals surface area contributed by atoms with Crippen molar-refractivity contribution in [2.75, 3.05) is 0 Å². The van der Waals surface area contributed by atoms with Gasteiger partial charge in [0.2, 0.25) is 5.88 Å². The molecule has 0 amide bonds. The molecule has 0 aromatic carbocycles. The van der Waals surface area contributed by atoms with E-state index in [1.807, 2.05) is 41.0 Å². The van der Waals surface area contributed by atoms with Gasteiger partial charge < -0.3 is 4.42 Å². The lowest BCUT2D eigenvalue weighted by Gasteiger charge is -2.04. The highest BCUT2D eigenvalue weighted by atomic mass is 16.3. The van der Waals surface area contributed by atoms with Crippen molar-refractivity contribution < 1.29 is 4.42 Å². The van der Waals surface area contributed by atoms with E-state index in [4.69, 9.17) is 4.42 Å². The lowest BCUT2D eigenvalue weighted by Crippen LogP contribution is -1.97. The number of aromatic nitrogens is 4. The Bertz CT molecular complexity index is 850. The minimum absolute atomic E-state index is 0.685. The number of pyridine rings is 2. The van der Waals surface area contributed by atoms with Crippen LogP contribution in [0.25, 0.3) is 28.4 Å². The van der Waals surface area contributed by atoms with Crippen LogP contribution in [0.15, 0.2) is 65.7 Å². The van der Waals surface area contributed by atoms with E-state index >= 15 is 0 Å². The van der Waals surface area contributed by atoms with Gasteiger partial charge in [0.1, 0.15) is 5.52 Å². The molecule has 0 aliphatic carbocycles. The van der Waals surface area contributed by atoms with Crippen molar-refractivity contribution in [2.45, 2.75) is 0 Å². The second-order valence-corrected chi connectivity index (χ2v) is 4.31. The van der Waals surface area contributed by atoms with Crippen LogP contribution >= 0.6 is 0 Å². The van der Waals surface area contributed by atoms with E-state index in [1.165, 1.54) is 0 Å². The molecule has 4 heterocycles. The summed E-state index contributed by atoms with van der Waals surface area (Å²) in [7, 11) is 0. The predicted molar refractivity (Wildman–Crippen MR) is 74.4 cm³/mol. The highest BCUT2D eigenvalue weighted by Gasteiger charge is 2.16. The van der Waals surface area contributed by atoms with Gasteiger partial charge in [0.25, 0.3) is 0 Å². The summed E-state index contributed by atoms with van der Waals surface area (Å²) >= 11 is 0. The second-order valence-electron chi connectivity index (χ2n) is 4.31. The Labute approximate surface area is 114 Å². The first-order chi connectivity index (χ1) is 9.93. The van der Waals surface area contributed by atoms with E-state index < -0.39 is 0 Å². The second kappa shape index (κ2) is 4.31. The van der Waals surface area contributed by atoms with Crippen LogP contribution in [0.4, 0.5) is 0 Å². The fourth-order valence-corrected chi connectivity index (χ4v) is 2.21. The Balaban J connectivity index is 2.08. The maximum Gasteiger partial charge on any atom is 0.206 e. The average Bonchev–Trinajstić information content (AvgIpc) is 3.14. The normalized spacial score (nSPS) is 11.0. The Kier molecular flexibility index (Phi) is 2.35. The minimum atomic E-state index is 0.685. The molecule has 0 aliphatic rings. The molecule has 4 aromatic rings. The Morgan fingerprint density at radius 2 is 1.95 bits per heavy atom.